The Morgan fingerprint density at radius 1 is 1.42 bits per heavy atom. The van der Waals surface area contributed by atoms with Crippen molar-refractivity contribution in [2.75, 3.05) is 32.2 Å². The van der Waals surface area contributed by atoms with Crippen LogP contribution in [0.5, 0.6) is 5.75 Å². The molecule has 5 heteroatoms. The smallest absolute Gasteiger partial charge is 0.239 e. The van der Waals surface area contributed by atoms with Crippen molar-refractivity contribution in [3.8, 4) is 5.75 Å². The molecule has 0 radical (unpaired) electrons. The van der Waals surface area contributed by atoms with Crippen LogP contribution >= 0.6 is 11.8 Å². The van der Waals surface area contributed by atoms with Crippen molar-refractivity contribution in [1.29, 1.82) is 0 Å². The van der Waals surface area contributed by atoms with Crippen LogP contribution < -0.4 is 10.5 Å². The van der Waals surface area contributed by atoms with Gasteiger partial charge in [-0.25, -0.2) is 0 Å². The Morgan fingerprint density at radius 3 is 2.74 bits per heavy atom. The molecule has 0 bridgehead atoms. The van der Waals surface area contributed by atoms with Crippen molar-refractivity contribution in [1.82, 2.24) is 4.90 Å². The van der Waals surface area contributed by atoms with Crippen LogP contribution in [0, 0.1) is 0 Å². The summed E-state index contributed by atoms with van der Waals surface area (Å²) in [4.78, 5) is 13.6. The summed E-state index contributed by atoms with van der Waals surface area (Å²) in [5, 5.41) is 0. The maximum absolute atomic E-state index is 11.9. The molecule has 2 N–H and O–H groups in total. The summed E-state index contributed by atoms with van der Waals surface area (Å²) in [6, 6.07) is 9.16. The first-order valence-electron chi connectivity index (χ1n) is 6.32. The maximum atomic E-state index is 11.9. The number of carbonyl (C=O) groups excluding carboxylic acids is 1. The van der Waals surface area contributed by atoms with E-state index in [0.717, 1.165) is 11.5 Å². The van der Waals surface area contributed by atoms with Crippen LogP contribution in [0.2, 0.25) is 0 Å². The topological polar surface area (TPSA) is 55.6 Å². The van der Waals surface area contributed by atoms with Gasteiger partial charge in [0.05, 0.1) is 12.6 Å². The number of benzene rings is 1. The summed E-state index contributed by atoms with van der Waals surface area (Å²) in [6.45, 7) is 1.02. The predicted octanol–water partition coefficient (Wildman–Crippen LogP) is 1.60. The van der Waals surface area contributed by atoms with E-state index in [4.69, 9.17) is 10.5 Å². The third-order valence-electron chi connectivity index (χ3n) is 2.77. The minimum Gasteiger partial charge on any atom is -0.492 e. The molecular formula is C14H22N2O2S. The second kappa shape index (κ2) is 8.82. The SMILES string of the molecule is CSCC[C@H](N)C(=O)N(C)CCOc1ccccc1. The van der Waals surface area contributed by atoms with Gasteiger partial charge >= 0.3 is 0 Å². The molecule has 0 aliphatic carbocycles. The van der Waals surface area contributed by atoms with E-state index in [1.807, 2.05) is 36.6 Å². The molecule has 0 aliphatic rings. The lowest BCUT2D eigenvalue weighted by Gasteiger charge is -2.21. The van der Waals surface area contributed by atoms with Crippen molar-refractivity contribution in [3.05, 3.63) is 30.3 Å². The number of ether oxygens (including phenoxy) is 1. The number of thioether (sulfide) groups is 1. The molecule has 1 rings (SSSR count). The van der Waals surface area contributed by atoms with Crippen LogP contribution in [-0.2, 0) is 4.79 Å². The van der Waals surface area contributed by atoms with Gasteiger partial charge in [0.15, 0.2) is 0 Å². The predicted molar refractivity (Wildman–Crippen MR) is 80.5 cm³/mol. The van der Waals surface area contributed by atoms with E-state index in [2.05, 4.69) is 0 Å². The van der Waals surface area contributed by atoms with E-state index in [0.29, 0.717) is 19.6 Å². The molecule has 1 amide bonds. The van der Waals surface area contributed by atoms with E-state index >= 15 is 0 Å². The van der Waals surface area contributed by atoms with Gasteiger partial charge in [0, 0.05) is 7.05 Å². The highest BCUT2D eigenvalue weighted by atomic mass is 32.2. The van der Waals surface area contributed by atoms with Crippen molar-refractivity contribution >= 4 is 17.7 Å². The third kappa shape index (κ3) is 5.98. The molecule has 0 fully saturated rings. The highest BCUT2D eigenvalue weighted by molar-refractivity contribution is 7.98. The zero-order valence-corrected chi connectivity index (χ0v) is 12.4. The van der Waals surface area contributed by atoms with Crippen LogP contribution in [0.25, 0.3) is 0 Å². The van der Waals surface area contributed by atoms with Gasteiger partial charge in [-0.15, -0.1) is 0 Å². The average molecular weight is 282 g/mol. The molecule has 0 saturated carbocycles. The van der Waals surface area contributed by atoms with E-state index in [1.54, 1.807) is 23.7 Å². The quantitative estimate of drug-likeness (QED) is 0.787. The van der Waals surface area contributed by atoms with E-state index in [-0.39, 0.29) is 5.91 Å². The highest BCUT2D eigenvalue weighted by Crippen LogP contribution is 2.08. The van der Waals surface area contributed by atoms with E-state index < -0.39 is 6.04 Å². The van der Waals surface area contributed by atoms with Crippen LogP contribution in [0.4, 0.5) is 0 Å². The largest absolute Gasteiger partial charge is 0.492 e. The van der Waals surface area contributed by atoms with Gasteiger partial charge in [0.25, 0.3) is 0 Å². The van der Waals surface area contributed by atoms with E-state index in [1.165, 1.54) is 0 Å². The summed E-state index contributed by atoms with van der Waals surface area (Å²) in [5.74, 6) is 1.70. The number of para-hydroxylation sites is 1. The average Bonchev–Trinajstić information content (AvgIpc) is 2.44. The van der Waals surface area contributed by atoms with Crippen LogP contribution in [0.3, 0.4) is 0 Å². The second-order valence-corrected chi connectivity index (χ2v) is 5.29. The molecule has 0 heterocycles. The zero-order valence-electron chi connectivity index (χ0n) is 11.5. The minimum atomic E-state index is -0.408. The second-order valence-electron chi connectivity index (χ2n) is 4.31. The molecule has 106 valence electrons. The Morgan fingerprint density at radius 2 is 2.11 bits per heavy atom. The summed E-state index contributed by atoms with van der Waals surface area (Å²) in [5.41, 5.74) is 5.84. The van der Waals surface area contributed by atoms with Crippen LogP contribution in [0.1, 0.15) is 6.42 Å². The van der Waals surface area contributed by atoms with Gasteiger partial charge in [-0.3, -0.25) is 4.79 Å². The van der Waals surface area contributed by atoms with Gasteiger partial charge in [-0.2, -0.15) is 11.8 Å². The molecule has 19 heavy (non-hydrogen) atoms. The molecule has 1 atom stereocenters. The molecule has 4 nitrogen and oxygen atoms in total. The van der Waals surface area contributed by atoms with Crippen molar-refractivity contribution in [2.45, 2.75) is 12.5 Å². The molecule has 1 aromatic carbocycles. The van der Waals surface area contributed by atoms with Gasteiger partial charge in [-0.05, 0) is 30.6 Å². The lowest BCUT2D eigenvalue weighted by atomic mass is 10.2. The number of nitrogens with two attached hydrogens (primary N) is 1. The maximum Gasteiger partial charge on any atom is 0.239 e. The summed E-state index contributed by atoms with van der Waals surface area (Å²) in [7, 11) is 1.76. The first-order chi connectivity index (χ1) is 9.15. The number of hydrogen-bond acceptors (Lipinski definition) is 4. The van der Waals surface area contributed by atoms with Crippen LogP contribution in [-0.4, -0.2) is 49.1 Å². The van der Waals surface area contributed by atoms with Gasteiger partial charge in [0.1, 0.15) is 12.4 Å². The van der Waals surface area contributed by atoms with Crippen LogP contribution in [0.15, 0.2) is 30.3 Å². The Hall–Kier alpha value is -1.20. The van der Waals surface area contributed by atoms with Crippen molar-refractivity contribution < 1.29 is 9.53 Å². The molecule has 0 unspecified atom stereocenters. The molecule has 0 saturated heterocycles. The Labute approximate surface area is 119 Å². The Balaban J connectivity index is 2.26. The number of carbonyl (C=O) groups is 1. The van der Waals surface area contributed by atoms with Gasteiger partial charge < -0.3 is 15.4 Å². The third-order valence-corrected chi connectivity index (χ3v) is 3.41. The van der Waals surface area contributed by atoms with Crippen molar-refractivity contribution in [3.63, 3.8) is 0 Å². The molecule has 0 spiro atoms. The zero-order chi connectivity index (χ0) is 14.1. The highest BCUT2D eigenvalue weighted by Gasteiger charge is 2.17. The summed E-state index contributed by atoms with van der Waals surface area (Å²) in [6.07, 6.45) is 2.72. The molecule has 1 aromatic rings. The monoisotopic (exact) mass is 282 g/mol. The Bertz CT molecular complexity index is 373. The van der Waals surface area contributed by atoms with Crippen molar-refractivity contribution in [2.24, 2.45) is 5.73 Å². The van der Waals surface area contributed by atoms with Gasteiger partial charge in [-0.1, -0.05) is 18.2 Å². The lowest BCUT2D eigenvalue weighted by Crippen LogP contribution is -2.43. The standard InChI is InChI=1S/C14H22N2O2S/c1-16(14(17)13(15)8-11-19-2)9-10-18-12-6-4-3-5-7-12/h3-7,13H,8-11,15H2,1-2H3/t13-/m0/s1. The fourth-order valence-electron chi connectivity index (χ4n) is 1.58. The number of likely N-dealkylation sites (N-methyl/N-ethyl adjacent to an activating group) is 1. The number of nitrogens with zero attached hydrogens (tertiary/aromatic N) is 1. The molecule has 0 aromatic heterocycles. The normalized spacial score (nSPS) is 11.9. The fraction of sp³-hybridized carbons (Fsp3) is 0.500. The number of amides is 1. The summed E-state index contributed by atoms with van der Waals surface area (Å²) >= 11 is 1.70. The first kappa shape index (κ1) is 15.9. The molecule has 0 aliphatic heterocycles. The molecular weight excluding hydrogens is 260 g/mol. The first-order valence-corrected chi connectivity index (χ1v) is 7.72. The minimum absolute atomic E-state index is 0.0225. The fourth-order valence-corrected chi connectivity index (χ4v) is 2.07. The van der Waals surface area contributed by atoms with Gasteiger partial charge in [0.2, 0.25) is 5.91 Å². The lowest BCUT2D eigenvalue weighted by molar-refractivity contribution is -0.131. The number of rotatable bonds is 8. The Kier molecular flexibility index (Phi) is 7.36. The van der Waals surface area contributed by atoms with E-state index in [9.17, 15) is 4.79 Å². The number of hydrogen-bond donors (Lipinski definition) is 1. The summed E-state index contributed by atoms with van der Waals surface area (Å²) < 4.78 is 5.55.